The van der Waals surface area contributed by atoms with Gasteiger partial charge in [-0.15, -0.1) is 12.4 Å². The Morgan fingerprint density at radius 1 is 1.04 bits per heavy atom. The van der Waals surface area contributed by atoms with E-state index in [0.29, 0.717) is 50.8 Å². The second-order valence-electron chi connectivity index (χ2n) is 6.79. The van der Waals surface area contributed by atoms with E-state index >= 15 is 0 Å². The van der Waals surface area contributed by atoms with Crippen molar-refractivity contribution in [2.75, 3.05) is 26.2 Å². The first-order valence-electron chi connectivity index (χ1n) is 8.78. The van der Waals surface area contributed by atoms with Gasteiger partial charge in [-0.05, 0) is 36.1 Å². The number of alkyl halides is 6. The zero-order valence-corrected chi connectivity index (χ0v) is 16.1. The second kappa shape index (κ2) is 9.47. The van der Waals surface area contributed by atoms with Gasteiger partial charge in [0.15, 0.2) is 0 Å². The van der Waals surface area contributed by atoms with E-state index in [0.717, 1.165) is 6.42 Å². The van der Waals surface area contributed by atoms with Crippen LogP contribution in [0.2, 0.25) is 0 Å². The molecule has 27 heavy (non-hydrogen) atoms. The molecule has 0 bridgehead atoms. The molecular weight excluding hydrogens is 394 g/mol. The van der Waals surface area contributed by atoms with Crippen LogP contribution < -0.4 is 5.32 Å². The van der Waals surface area contributed by atoms with Crippen molar-refractivity contribution in [2.24, 2.45) is 5.92 Å². The summed E-state index contributed by atoms with van der Waals surface area (Å²) in [6.45, 7) is 5.96. The summed E-state index contributed by atoms with van der Waals surface area (Å²) in [7, 11) is 0. The first-order chi connectivity index (χ1) is 12.1. The monoisotopic (exact) mass is 418 g/mol. The van der Waals surface area contributed by atoms with Gasteiger partial charge in [0.1, 0.15) is 0 Å². The molecule has 1 unspecified atom stereocenters. The van der Waals surface area contributed by atoms with Crippen molar-refractivity contribution in [2.45, 2.75) is 45.1 Å². The molecule has 9 heteroatoms. The summed E-state index contributed by atoms with van der Waals surface area (Å²) >= 11 is 0. The zero-order chi connectivity index (χ0) is 19.5. The van der Waals surface area contributed by atoms with Crippen LogP contribution in [0.3, 0.4) is 0 Å². The molecule has 2 nitrogen and oxygen atoms in total. The highest BCUT2D eigenvalue weighted by molar-refractivity contribution is 5.85. The SMILES string of the molecule is CCCC(C)[C@H](c1cc(C(F)(F)F)ccc1C(F)(F)F)N1CCNCC1.Cl. The number of benzene rings is 1. The average molecular weight is 419 g/mol. The lowest BCUT2D eigenvalue weighted by Crippen LogP contribution is -2.47. The predicted octanol–water partition coefficient (Wildman–Crippen LogP) is 5.53. The quantitative estimate of drug-likeness (QED) is 0.632. The molecule has 1 fully saturated rings. The van der Waals surface area contributed by atoms with Gasteiger partial charge in [-0.25, -0.2) is 0 Å². The Balaban J connectivity index is 0.00000364. The minimum atomic E-state index is -4.70. The average Bonchev–Trinajstić information content (AvgIpc) is 2.54. The highest BCUT2D eigenvalue weighted by Crippen LogP contribution is 2.43. The first-order valence-corrected chi connectivity index (χ1v) is 8.78. The van der Waals surface area contributed by atoms with Gasteiger partial charge in [0, 0.05) is 32.2 Å². The van der Waals surface area contributed by atoms with E-state index in [1.54, 1.807) is 0 Å². The maximum absolute atomic E-state index is 13.5. The fourth-order valence-corrected chi connectivity index (χ4v) is 3.68. The molecule has 0 saturated carbocycles. The highest BCUT2D eigenvalue weighted by atomic mass is 35.5. The molecule has 2 atom stereocenters. The number of piperazine rings is 1. The Morgan fingerprint density at radius 3 is 2.11 bits per heavy atom. The predicted molar refractivity (Wildman–Crippen MR) is 94.9 cm³/mol. The van der Waals surface area contributed by atoms with Gasteiger partial charge in [0.25, 0.3) is 0 Å². The maximum Gasteiger partial charge on any atom is 0.416 e. The van der Waals surface area contributed by atoms with E-state index < -0.39 is 29.5 Å². The van der Waals surface area contributed by atoms with Crippen LogP contribution in [-0.2, 0) is 12.4 Å². The van der Waals surface area contributed by atoms with Crippen LogP contribution in [0.4, 0.5) is 26.3 Å². The lowest BCUT2D eigenvalue weighted by atomic mass is 9.85. The van der Waals surface area contributed by atoms with Crippen LogP contribution in [0.5, 0.6) is 0 Å². The van der Waals surface area contributed by atoms with E-state index in [1.807, 2.05) is 18.7 Å². The molecule has 2 rings (SSSR count). The van der Waals surface area contributed by atoms with E-state index in [-0.39, 0.29) is 23.9 Å². The van der Waals surface area contributed by atoms with E-state index in [4.69, 9.17) is 0 Å². The highest BCUT2D eigenvalue weighted by Gasteiger charge is 2.40. The molecule has 0 spiro atoms. The molecule has 1 N–H and O–H groups in total. The molecule has 156 valence electrons. The smallest absolute Gasteiger partial charge is 0.314 e. The minimum Gasteiger partial charge on any atom is -0.314 e. The topological polar surface area (TPSA) is 15.3 Å². The lowest BCUT2D eigenvalue weighted by molar-refractivity contribution is -0.142. The summed E-state index contributed by atoms with van der Waals surface area (Å²) in [6, 6.07) is 1.09. The molecule has 0 aliphatic carbocycles. The Kier molecular flexibility index (Phi) is 8.44. The van der Waals surface area contributed by atoms with Gasteiger partial charge < -0.3 is 5.32 Å². The van der Waals surface area contributed by atoms with Gasteiger partial charge in [0.05, 0.1) is 11.1 Å². The summed E-state index contributed by atoms with van der Waals surface area (Å²) in [5.74, 6) is -0.192. The molecule has 1 aliphatic heterocycles. The summed E-state index contributed by atoms with van der Waals surface area (Å²) < 4.78 is 80.1. The zero-order valence-electron chi connectivity index (χ0n) is 15.3. The molecule has 1 heterocycles. The normalized spacial score (nSPS) is 18.7. The Hall–Kier alpha value is -0.990. The number of hydrogen-bond acceptors (Lipinski definition) is 2. The number of hydrogen-bond donors (Lipinski definition) is 1. The van der Waals surface area contributed by atoms with Gasteiger partial charge in [0.2, 0.25) is 0 Å². The van der Waals surface area contributed by atoms with Crippen molar-refractivity contribution < 1.29 is 26.3 Å². The van der Waals surface area contributed by atoms with Crippen molar-refractivity contribution in [3.8, 4) is 0 Å². The number of rotatable bonds is 5. The van der Waals surface area contributed by atoms with Crippen molar-refractivity contribution in [3.05, 3.63) is 34.9 Å². The molecule has 0 aromatic heterocycles. The standard InChI is InChI=1S/C18H24F6N2.ClH/c1-3-4-12(2)16(26-9-7-25-8-10-26)14-11-13(17(19,20)21)5-6-15(14)18(22,23)24;/h5-6,11-12,16,25H,3-4,7-10H2,1-2H3;1H/t12?,16-;/m1./s1. The molecular formula is C18H25ClF6N2. The van der Waals surface area contributed by atoms with Crippen molar-refractivity contribution >= 4 is 12.4 Å². The van der Waals surface area contributed by atoms with E-state index in [1.165, 1.54) is 0 Å². The number of nitrogens with one attached hydrogen (secondary N) is 1. The maximum atomic E-state index is 13.5. The molecule has 1 aliphatic rings. The molecule has 1 aromatic rings. The van der Waals surface area contributed by atoms with Crippen LogP contribution in [-0.4, -0.2) is 31.1 Å². The van der Waals surface area contributed by atoms with Crippen molar-refractivity contribution in [1.29, 1.82) is 0 Å². The van der Waals surface area contributed by atoms with Crippen LogP contribution in [0.15, 0.2) is 18.2 Å². The third kappa shape index (κ3) is 5.99. The molecule has 0 amide bonds. The fraction of sp³-hybridized carbons (Fsp3) is 0.667. The van der Waals surface area contributed by atoms with Gasteiger partial charge in [-0.3, -0.25) is 4.90 Å². The van der Waals surface area contributed by atoms with Crippen LogP contribution in [0.25, 0.3) is 0 Å². The molecule has 1 saturated heterocycles. The third-order valence-corrected chi connectivity index (χ3v) is 4.83. The largest absolute Gasteiger partial charge is 0.416 e. The fourth-order valence-electron chi connectivity index (χ4n) is 3.68. The van der Waals surface area contributed by atoms with E-state index in [2.05, 4.69) is 5.32 Å². The van der Waals surface area contributed by atoms with Gasteiger partial charge in [-0.2, -0.15) is 26.3 Å². The van der Waals surface area contributed by atoms with Crippen LogP contribution in [0, 0.1) is 5.92 Å². The minimum absolute atomic E-state index is 0. The Labute approximate surface area is 161 Å². The van der Waals surface area contributed by atoms with Crippen molar-refractivity contribution in [3.63, 3.8) is 0 Å². The van der Waals surface area contributed by atoms with Crippen LogP contribution >= 0.6 is 12.4 Å². The number of nitrogens with zero attached hydrogens (tertiary/aromatic N) is 1. The summed E-state index contributed by atoms with van der Waals surface area (Å²) in [6.07, 6.45) is -7.98. The Bertz CT molecular complexity index is 596. The van der Waals surface area contributed by atoms with Crippen molar-refractivity contribution in [1.82, 2.24) is 10.2 Å². The lowest BCUT2D eigenvalue weighted by Gasteiger charge is -2.40. The van der Waals surface area contributed by atoms with Crippen LogP contribution in [0.1, 0.15) is 49.4 Å². The summed E-state index contributed by atoms with van der Waals surface area (Å²) in [4.78, 5) is 1.88. The molecule has 0 radical (unpaired) electrons. The molecule has 1 aromatic carbocycles. The van der Waals surface area contributed by atoms with Gasteiger partial charge in [-0.1, -0.05) is 20.3 Å². The summed E-state index contributed by atoms with van der Waals surface area (Å²) in [5, 5.41) is 3.13. The third-order valence-electron chi connectivity index (χ3n) is 4.83. The Morgan fingerprint density at radius 2 is 1.63 bits per heavy atom. The second-order valence-corrected chi connectivity index (χ2v) is 6.79. The number of halogens is 7. The van der Waals surface area contributed by atoms with Gasteiger partial charge >= 0.3 is 12.4 Å². The van der Waals surface area contributed by atoms with E-state index in [9.17, 15) is 26.3 Å². The first kappa shape index (κ1) is 24.0. The summed E-state index contributed by atoms with van der Waals surface area (Å²) in [5.41, 5.74) is -2.28.